The molecule has 2 aliphatic carbocycles. The Kier molecular flexibility index (Phi) is 5.82. The van der Waals surface area contributed by atoms with Crippen molar-refractivity contribution in [1.29, 1.82) is 0 Å². The standard InChI is InChI=1S/C34H32Cl2/c1-4-5-6-10-17-34(22-11-8-7-9-12-22)31-19-24(36)14-16-26(31)28-20-30-27(21-32(28)34)25-15-13-23(35)18-29(25)33(30,2)3/h7-9,11-16,18-21H,4-6,10,17H2,1-3H3. The summed E-state index contributed by atoms with van der Waals surface area (Å²) in [6, 6.07) is 29.0. The van der Waals surface area contributed by atoms with Crippen LogP contribution in [0.5, 0.6) is 0 Å². The lowest BCUT2D eigenvalue weighted by Gasteiger charge is -2.34. The number of hydrogen-bond donors (Lipinski definition) is 0. The van der Waals surface area contributed by atoms with Crippen LogP contribution in [0.3, 0.4) is 0 Å². The van der Waals surface area contributed by atoms with E-state index in [0.29, 0.717) is 0 Å². The Balaban J connectivity index is 1.65. The van der Waals surface area contributed by atoms with Crippen molar-refractivity contribution in [2.24, 2.45) is 0 Å². The molecule has 0 saturated carbocycles. The van der Waals surface area contributed by atoms with Crippen LogP contribution in [-0.2, 0) is 10.8 Å². The van der Waals surface area contributed by atoms with Crippen molar-refractivity contribution in [3.63, 3.8) is 0 Å². The third-order valence-corrected chi connectivity index (χ3v) is 9.11. The van der Waals surface area contributed by atoms with Crippen LogP contribution in [0.25, 0.3) is 22.3 Å². The van der Waals surface area contributed by atoms with E-state index in [-0.39, 0.29) is 10.8 Å². The van der Waals surface area contributed by atoms with Gasteiger partial charge in [0.15, 0.2) is 0 Å². The van der Waals surface area contributed by atoms with E-state index in [1.54, 1.807) is 0 Å². The van der Waals surface area contributed by atoms with Crippen LogP contribution < -0.4 is 0 Å². The van der Waals surface area contributed by atoms with Crippen molar-refractivity contribution in [3.05, 3.63) is 117 Å². The summed E-state index contributed by atoms with van der Waals surface area (Å²) in [5, 5.41) is 1.61. The van der Waals surface area contributed by atoms with E-state index >= 15 is 0 Å². The summed E-state index contributed by atoms with van der Waals surface area (Å²) in [6.45, 7) is 6.93. The van der Waals surface area contributed by atoms with E-state index in [0.717, 1.165) is 16.5 Å². The Bertz CT molecular complexity index is 1460. The number of fused-ring (bicyclic) bond motifs is 6. The van der Waals surface area contributed by atoms with Gasteiger partial charge in [0.05, 0.1) is 0 Å². The second-order valence-corrected chi connectivity index (χ2v) is 11.9. The van der Waals surface area contributed by atoms with Crippen molar-refractivity contribution in [3.8, 4) is 22.3 Å². The van der Waals surface area contributed by atoms with Crippen LogP contribution in [-0.4, -0.2) is 0 Å². The van der Waals surface area contributed by atoms with Gasteiger partial charge in [0.1, 0.15) is 0 Å². The molecule has 2 aliphatic rings. The van der Waals surface area contributed by atoms with Gasteiger partial charge in [-0.15, -0.1) is 0 Å². The Hall–Kier alpha value is -2.54. The Morgan fingerprint density at radius 1 is 0.583 bits per heavy atom. The number of halogens is 2. The van der Waals surface area contributed by atoms with Crippen molar-refractivity contribution in [1.82, 2.24) is 0 Å². The lowest BCUT2D eigenvalue weighted by molar-refractivity contribution is 0.516. The van der Waals surface area contributed by atoms with Gasteiger partial charge in [0.2, 0.25) is 0 Å². The average molecular weight is 512 g/mol. The molecule has 36 heavy (non-hydrogen) atoms. The van der Waals surface area contributed by atoms with Gasteiger partial charge in [-0.05, 0) is 92.9 Å². The van der Waals surface area contributed by atoms with Crippen molar-refractivity contribution >= 4 is 23.2 Å². The topological polar surface area (TPSA) is 0 Å². The molecule has 0 bridgehead atoms. The SMILES string of the molecule is CCCCCCC1(c2ccccc2)c2cc(Cl)ccc2-c2cc3c(cc21)-c1ccc(Cl)cc1C3(C)C. The number of rotatable bonds is 6. The van der Waals surface area contributed by atoms with Gasteiger partial charge in [0, 0.05) is 20.9 Å². The minimum absolute atomic E-state index is 0.101. The van der Waals surface area contributed by atoms with E-state index in [4.69, 9.17) is 23.2 Å². The van der Waals surface area contributed by atoms with Gasteiger partial charge in [-0.25, -0.2) is 0 Å². The zero-order valence-electron chi connectivity index (χ0n) is 21.3. The molecule has 0 radical (unpaired) electrons. The molecule has 0 aliphatic heterocycles. The lowest BCUT2D eigenvalue weighted by Crippen LogP contribution is -2.27. The maximum absolute atomic E-state index is 6.68. The summed E-state index contributed by atoms with van der Waals surface area (Å²) in [5.74, 6) is 0. The first-order valence-corrected chi connectivity index (χ1v) is 14.0. The monoisotopic (exact) mass is 510 g/mol. The van der Waals surface area contributed by atoms with Crippen LogP contribution in [0.15, 0.2) is 78.9 Å². The third-order valence-electron chi connectivity index (χ3n) is 8.64. The molecule has 0 amide bonds. The van der Waals surface area contributed by atoms with Crippen LogP contribution in [0.1, 0.15) is 80.7 Å². The van der Waals surface area contributed by atoms with E-state index in [9.17, 15) is 0 Å². The van der Waals surface area contributed by atoms with E-state index < -0.39 is 0 Å². The molecule has 0 fully saturated rings. The Morgan fingerprint density at radius 3 is 1.83 bits per heavy atom. The number of benzene rings is 4. The fourth-order valence-corrected chi connectivity index (χ4v) is 7.19. The van der Waals surface area contributed by atoms with Crippen molar-refractivity contribution < 1.29 is 0 Å². The highest BCUT2D eigenvalue weighted by Crippen LogP contribution is 2.59. The van der Waals surface area contributed by atoms with Crippen molar-refractivity contribution in [2.45, 2.75) is 63.7 Å². The largest absolute Gasteiger partial charge is 0.0843 e. The second-order valence-electron chi connectivity index (χ2n) is 11.0. The van der Waals surface area contributed by atoms with E-state index in [1.807, 2.05) is 6.07 Å². The maximum Gasteiger partial charge on any atom is 0.0464 e. The molecule has 182 valence electrons. The average Bonchev–Trinajstić information content (AvgIpc) is 3.27. The normalized spacial score (nSPS) is 18.5. The molecule has 0 aromatic heterocycles. The predicted molar refractivity (Wildman–Crippen MR) is 155 cm³/mol. The number of unbranched alkanes of at least 4 members (excludes halogenated alkanes) is 3. The summed E-state index contributed by atoms with van der Waals surface area (Å²) in [4.78, 5) is 0. The van der Waals surface area contributed by atoms with Crippen LogP contribution in [0.4, 0.5) is 0 Å². The predicted octanol–water partition coefficient (Wildman–Crippen LogP) is 10.6. The van der Waals surface area contributed by atoms with Crippen LogP contribution in [0, 0.1) is 0 Å². The van der Waals surface area contributed by atoms with Gasteiger partial charge < -0.3 is 0 Å². The first-order chi connectivity index (χ1) is 17.4. The minimum Gasteiger partial charge on any atom is -0.0843 e. The van der Waals surface area contributed by atoms with Crippen LogP contribution >= 0.6 is 23.2 Å². The highest BCUT2D eigenvalue weighted by atomic mass is 35.5. The second kappa shape index (κ2) is 8.79. The molecule has 4 aromatic carbocycles. The zero-order valence-corrected chi connectivity index (χ0v) is 22.8. The lowest BCUT2D eigenvalue weighted by atomic mass is 9.68. The van der Waals surface area contributed by atoms with Gasteiger partial charge in [-0.3, -0.25) is 0 Å². The van der Waals surface area contributed by atoms with Gasteiger partial charge in [0.25, 0.3) is 0 Å². The molecule has 4 aromatic rings. The van der Waals surface area contributed by atoms with Gasteiger partial charge in [-0.2, -0.15) is 0 Å². The fraction of sp³-hybridized carbons (Fsp3) is 0.294. The van der Waals surface area contributed by atoms with E-state index in [2.05, 4.69) is 93.6 Å². The summed E-state index contributed by atoms with van der Waals surface area (Å²) in [5.41, 5.74) is 11.8. The molecule has 0 spiro atoms. The van der Waals surface area contributed by atoms with Gasteiger partial charge in [-0.1, -0.05) is 112 Å². The zero-order chi connectivity index (χ0) is 25.1. The summed E-state index contributed by atoms with van der Waals surface area (Å²) in [7, 11) is 0. The molecule has 2 heteroatoms. The molecule has 1 unspecified atom stereocenters. The molecule has 0 heterocycles. The highest BCUT2D eigenvalue weighted by molar-refractivity contribution is 6.31. The molecule has 0 N–H and O–H groups in total. The quantitative estimate of drug-likeness (QED) is 0.226. The molecular weight excluding hydrogens is 479 g/mol. The Morgan fingerprint density at radius 2 is 1.14 bits per heavy atom. The van der Waals surface area contributed by atoms with Crippen molar-refractivity contribution in [2.75, 3.05) is 0 Å². The molecule has 1 atom stereocenters. The first-order valence-electron chi connectivity index (χ1n) is 13.2. The summed E-state index contributed by atoms with van der Waals surface area (Å²) in [6.07, 6.45) is 6.01. The fourth-order valence-electron chi connectivity index (χ4n) is 6.84. The molecule has 6 rings (SSSR count). The molecule has 0 nitrogen and oxygen atoms in total. The van der Waals surface area contributed by atoms with E-state index in [1.165, 1.54) is 75.8 Å². The Labute approximate surface area is 225 Å². The number of hydrogen-bond acceptors (Lipinski definition) is 0. The third kappa shape index (κ3) is 3.41. The summed E-state index contributed by atoms with van der Waals surface area (Å²) >= 11 is 13.2. The molecule has 0 saturated heterocycles. The van der Waals surface area contributed by atoms with Gasteiger partial charge >= 0.3 is 0 Å². The summed E-state index contributed by atoms with van der Waals surface area (Å²) < 4.78 is 0. The maximum atomic E-state index is 6.68. The molecular formula is C34H32Cl2. The smallest absolute Gasteiger partial charge is 0.0464 e. The highest BCUT2D eigenvalue weighted by Gasteiger charge is 2.46. The minimum atomic E-state index is -0.209. The first kappa shape index (κ1) is 23.8. The van der Waals surface area contributed by atoms with Crippen LogP contribution in [0.2, 0.25) is 10.0 Å².